The zero-order valence-corrected chi connectivity index (χ0v) is 16.0. The number of hydrogen-bond donors (Lipinski definition) is 1. The fraction of sp³-hybridized carbons (Fsp3) is 0.333. The molecular formula is C18H21ClN3O2S+. The number of thiophene rings is 1. The van der Waals surface area contributed by atoms with E-state index in [0.29, 0.717) is 13.2 Å². The molecule has 7 heteroatoms. The van der Waals surface area contributed by atoms with Gasteiger partial charge < -0.3 is 4.90 Å². The standard InChI is InChI=1S/C18H20ClN3O2S/c1-12-4-6-14(7-5-12)22-13(2)17(23)21(18(22)24)11-20(3)10-15-8-9-16(19)25-15/h4-9,13H,10-11H2,1-3H3/p+1/t13-/m1/s1. The molecule has 0 spiro atoms. The molecule has 0 radical (unpaired) electrons. The lowest BCUT2D eigenvalue weighted by atomic mass is 10.2. The van der Waals surface area contributed by atoms with Crippen LogP contribution in [0.1, 0.15) is 17.4 Å². The van der Waals surface area contributed by atoms with E-state index >= 15 is 0 Å². The van der Waals surface area contributed by atoms with Gasteiger partial charge >= 0.3 is 6.03 Å². The number of carbonyl (C=O) groups excluding carboxylic acids is 2. The second-order valence-electron chi connectivity index (χ2n) is 6.43. The molecule has 2 aromatic rings. The lowest BCUT2D eigenvalue weighted by Crippen LogP contribution is -3.09. The maximum Gasteiger partial charge on any atom is 0.336 e. The second-order valence-corrected chi connectivity index (χ2v) is 8.23. The number of nitrogens with zero attached hydrogens (tertiary/aromatic N) is 2. The molecule has 1 aromatic heterocycles. The van der Waals surface area contributed by atoms with Crippen LogP contribution in [0.2, 0.25) is 4.34 Å². The molecule has 5 nitrogen and oxygen atoms in total. The largest absolute Gasteiger partial charge is 0.336 e. The van der Waals surface area contributed by atoms with Crippen LogP contribution >= 0.6 is 22.9 Å². The third kappa shape index (κ3) is 3.71. The van der Waals surface area contributed by atoms with E-state index in [1.165, 1.54) is 16.2 Å². The van der Waals surface area contributed by atoms with Gasteiger partial charge in [0.25, 0.3) is 5.91 Å². The molecule has 0 bridgehead atoms. The first-order valence-electron chi connectivity index (χ1n) is 8.13. The Morgan fingerprint density at radius 2 is 1.84 bits per heavy atom. The van der Waals surface area contributed by atoms with Crippen molar-refractivity contribution in [1.82, 2.24) is 4.90 Å². The maximum atomic E-state index is 12.8. The van der Waals surface area contributed by atoms with E-state index in [0.717, 1.165) is 25.4 Å². The van der Waals surface area contributed by atoms with Crippen LogP contribution in [0.3, 0.4) is 0 Å². The lowest BCUT2D eigenvalue weighted by Gasteiger charge is -2.21. The average Bonchev–Trinajstić information content (AvgIpc) is 3.06. The monoisotopic (exact) mass is 378 g/mol. The number of anilines is 1. The van der Waals surface area contributed by atoms with Crippen molar-refractivity contribution in [2.24, 2.45) is 0 Å². The average molecular weight is 379 g/mol. The topological polar surface area (TPSA) is 45.1 Å². The quantitative estimate of drug-likeness (QED) is 0.813. The van der Waals surface area contributed by atoms with Gasteiger partial charge in [-0.15, -0.1) is 11.3 Å². The molecule has 1 aliphatic rings. The van der Waals surface area contributed by atoms with E-state index in [4.69, 9.17) is 11.6 Å². The number of nitrogens with one attached hydrogen (secondary N) is 1. The van der Waals surface area contributed by atoms with Crippen LogP contribution in [0.25, 0.3) is 0 Å². The van der Waals surface area contributed by atoms with E-state index in [1.54, 1.807) is 11.8 Å². The minimum absolute atomic E-state index is 0.158. The predicted octanol–water partition coefficient (Wildman–Crippen LogP) is 2.54. The van der Waals surface area contributed by atoms with Gasteiger partial charge in [-0.25, -0.2) is 9.69 Å². The lowest BCUT2D eigenvalue weighted by molar-refractivity contribution is -0.900. The molecule has 3 amide bonds. The van der Waals surface area contributed by atoms with Gasteiger partial charge in [0.1, 0.15) is 12.6 Å². The van der Waals surface area contributed by atoms with Gasteiger partial charge in [0.2, 0.25) is 0 Å². The van der Waals surface area contributed by atoms with E-state index in [-0.39, 0.29) is 11.9 Å². The van der Waals surface area contributed by atoms with Gasteiger partial charge in [-0.2, -0.15) is 0 Å². The molecule has 0 aliphatic carbocycles. The Kier molecular flexibility index (Phi) is 5.13. The van der Waals surface area contributed by atoms with Crippen LogP contribution in [-0.4, -0.2) is 36.6 Å². The second kappa shape index (κ2) is 7.15. The van der Waals surface area contributed by atoms with E-state index in [1.807, 2.05) is 50.4 Å². The highest BCUT2D eigenvalue weighted by Gasteiger charge is 2.44. The summed E-state index contributed by atoms with van der Waals surface area (Å²) in [5, 5.41) is 0. The molecule has 1 aromatic carbocycles. The molecule has 0 saturated carbocycles. The van der Waals surface area contributed by atoms with Crippen LogP contribution in [0.5, 0.6) is 0 Å². The van der Waals surface area contributed by atoms with Crippen molar-refractivity contribution >= 4 is 40.6 Å². The summed E-state index contributed by atoms with van der Waals surface area (Å²) in [6, 6.07) is 10.7. The predicted molar refractivity (Wildman–Crippen MR) is 100 cm³/mol. The first-order chi connectivity index (χ1) is 11.9. The van der Waals surface area contributed by atoms with E-state index < -0.39 is 6.04 Å². The molecule has 1 fully saturated rings. The normalized spacial score (nSPS) is 19.0. The van der Waals surface area contributed by atoms with Gasteiger partial charge in [-0.1, -0.05) is 29.3 Å². The Labute approximate surface area is 156 Å². The van der Waals surface area contributed by atoms with Crippen molar-refractivity contribution < 1.29 is 14.5 Å². The summed E-state index contributed by atoms with van der Waals surface area (Å²) in [7, 11) is 1.97. The number of aryl methyl sites for hydroxylation is 1. The summed E-state index contributed by atoms with van der Waals surface area (Å²) in [5.74, 6) is -0.158. The van der Waals surface area contributed by atoms with Crippen LogP contribution in [0, 0.1) is 6.92 Å². The first kappa shape index (κ1) is 17.9. The summed E-state index contributed by atoms with van der Waals surface area (Å²) in [6.07, 6.45) is 0. The Morgan fingerprint density at radius 1 is 1.16 bits per heavy atom. The fourth-order valence-electron chi connectivity index (χ4n) is 2.98. The molecule has 1 saturated heterocycles. The minimum atomic E-state index is -0.487. The number of quaternary nitrogens is 1. The number of imide groups is 1. The number of benzene rings is 1. The third-order valence-electron chi connectivity index (χ3n) is 4.29. The Morgan fingerprint density at radius 3 is 2.44 bits per heavy atom. The zero-order chi connectivity index (χ0) is 18.1. The smallest absolute Gasteiger partial charge is 0.315 e. The van der Waals surface area contributed by atoms with Gasteiger partial charge in [-0.05, 0) is 38.1 Å². The molecule has 1 N–H and O–H groups in total. The number of amides is 3. The van der Waals surface area contributed by atoms with Crippen LogP contribution < -0.4 is 9.80 Å². The van der Waals surface area contributed by atoms with Crippen LogP contribution in [0.15, 0.2) is 36.4 Å². The molecule has 1 aliphatic heterocycles. The molecule has 3 rings (SSSR count). The van der Waals surface area contributed by atoms with Gasteiger partial charge in [-0.3, -0.25) is 9.69 Å². The highest BCUT2D eigenvalue weighted by atomic mass is 35.5. The fourth-order valence-corrected chi connectivity index (χ4v) is 4.18. The van der Waals surface area contributed by atoms with Crippen molar-refractivity contribution in [3.8, 4) is 0 Å². The zero-order valence-electron chi connectivity index (χ0n) is 14.5. The van der Waals surface area contributed by atoms with Gasteiger partial charge in [0.05, 0.1) is 16.3 Å². The third-order valence-corrected chi connectivity index (χ3v) is 5.52. The van der Waals surface area contributed by atoms with Gasteiger partial charge in [0, 0.05) is 5.69 Å². The number of urea groups is 1. The van der Waals surface area contributed by atoms with Crippen molar-refractivity contribution in [1.29, 1.82) is 0 Å². The molecular weight excluding hydrogens is 358 g/mol. The summed E-state index contributed by atoms with van der Waals surface area (Å²) in [6.45, 7) is 4.81. The van der Waals surface area contributed by atoms with Crippen molar-refractivity contribution in [3.63, 3.8) is 0 Å². The SMILES string of the molecule is Cc1ccc(N2C(=O)N(C[NH+](C)Cc3ccc(Cl)s3)C(=O)[C@H]2C)cc1. The first-order valence-corrected chi connectivity index (χ1v) is 9.33. The molecule has 2 atom stereocenters. The van der Waals surface area contributed by atoms with Crippen molar-refractivity contribution in [2.45, 2.75) is 26.4 Å². The number of carbonyl (C=O) groups is 2. The molecule has 1 unspecified atom stereocenters. The summed E-state index contributed by atoms with van der Waals surface area (Å²) < 4.78 is 0.746. The molecule has 2 heterocycles. The van der Waals surface area contributed by atoms with E-state index in [9.17, 15) is 9.59 Å². The van der Waals surface area contributed by atoms with Crippen LogP contribution in [0.4, 0.5) is 10.5 Å². The highest BCUT2D eigenvalue weighted by Crippen LogP contribution is 2.25. The van der Waals surface area contributed by atoms with Crippen LogP contribution in [-0.2, 0) is 11.3 Å². The summed E-state index contributed by atoms with van der Waals surface area (Å²) in [5.41, 5.74) is 1.87. The van der Waals surface area contributed by atoms with Crippen molar-refractivity contribution in [2.75, 3.05) is 18.6 Å². The minimum Gasteiger partial charge on any atom is -0.315 e. The molecule has 25 heavy (non-hydrogen) atoms. The Balaban J connectivity index is 1.72. The number of rotatable bonds is 5. The van der Waals surface area contributed by atoms with Gasteiger partial charge in [0.15, 0.2) is 6.67 Å². The maximum absolute atomic E-state index is 12.8. The Bertz CT molecular complexity index is 790. The number of halogens is 1. The molecule has 132 valence electrons. The van der Waals surface area contributed by atoms with E-state index in [2.05, 4.69) is 0 Å². The highest BCUT2D eigenvalue weighted by molar-refractivity contribution is 7.16. The van der Waals surface area contributed by atoms with Crippen molar-refractivity contribution in [3.05, 3.63) is 51.2 Å². The Hall–Kier alpha value is -1.89. The summed E-state index contributed by atoms with van der Waals surface area (Å²) in [4.78, 5) is 30.5. The summed E-state index contributed by atoms with van der Waals surface area (Å²) >= 11 is 7.48. The number of hydrogen-bond acceptors (Lipinski definition) is 3.